The molecule has 0 saturated heterocycles. The van der Waals surface area contributed by atoms with Gasteiger partial charge in [-0.3, -0.25) is 9.59 Å². The van der Waals surface area contributed by atoms with Gasteiger partial charge < -0.3 is 28.8 Å². The fraction of sp³-hybridized carbons (Fsp3) is 0.459. The molecular formula is C37H48O8S. The molecule has 0 bridgehead atoms. The van der Waals surface area contributed by atoms with Crippen LogP contribution in [0.15, 0.2) is 83.8 Å². The van der Waals surface area contributed by atoms with Crippen LogP contribution >= 0.6 is 11.8 Å². The van der Waals surface area contributed by atoms with Crippen LogP contribution in [0.1, 0.15) is 66.8 Å². The van der Waals surface area contributed by atoms with Crippen LogP contribution in [0.3, 0.4) is 0 Å². The molecule has 3 rings (SSSR count). The van der Waals surface area contributed by atoms with E-state index in [1.54, 1.807) is 42.1 Å². The predicted octanol–water partition coefficient (Wildman–Crippen LogP) is 6.63. The SMILES string of the molecule is CC(C)(C)OC(=O)CCOCCOCCOCCOCCCc1cccc(SCc2cccc(C(O)C(=O)c3ccccc3)c2)c1. The van der Waals surface area contributed by atoms with Crippen molar-refractivity contribution in [1.29, 1.82) is 0 Å². The third-order valence-corrected chi connectivity index (χ3v) is 7.68. The van der Waals surface area contributed by atoms with E-state index >= 15 is 0 Å². The summed E-state index contributed by atoms with van der Waals surface area (Å²) in [6, 6.07) is 25.0. The van der Waals surface area contributed by atoms with Crippen LogP contribution in [0.2, 0.25) is 0 Å². The lowest BCUT2D eigenvalue weighted by Gasteiger charge is -2.19. The summed E-state index contributed by atoms with van der Waals surface area (Å²) in [6.07, 6.45) is 0.891. The minimum atomic E-state index is -1.18. The second kappa shape index (κ2) is 20.9. The summed E-state index contributed by atoms with van der Waals surface area (Å²) in [4.78, 5) is 25.4. The van der Waals surface area contributed by atoms with Crippen molar-refractivity contribution in [2.24, 2.45) is 0 Å². The maximum Gasteiger partial charge on any atom is 0.308 e. The zero-order valence-corrected chi connectivity index (χ0v) is 28.1. The van der Waals surface area contributed by atoms with Gasteiger partial charge in [0.2, 0.25) is 0 Å². The smallest absolute Gasteiger partial charge is 0.308 e. The largest absolute Gasteiger partial charge is 0.460 e. The first kappa shape index (κ1) is 37.4. The average molecular weight is 653 g/mol. The molecule has 0 spiro atoms. The molecule has 9 heteroatoms. The van der Waals surface area contributed by atoms with E-state index in [1.165, 1.54) is 10.5 Å². The molecule has 0 heterocycles. The molecule has 3 aromatic carbocycles. The molecule has 0 aliphatic rings. The van der Waals surface area contributed by atoms with Crippen LogP contribution in [0.5, 0.6) is 0 Å². The van der Waals surface area contributed by atoms with Gasteiger partial charge in [-0.25, -0.2) is 0 Å². The van der Waals surface area contributed by atoms with Gasteiger partial charge in [0, 0.05) is 22.8 Å². The van der Waals surface area contributed by atoms with Crippen LogP contribution in [0, 0.1) is 0 Å². The summed E-state index contributed by atoms with van der Waals surface area (Å²) in [5.41, 5.74) is 2.94. The maximum atomic E-state index is 12.7. The third kappa shape index (κ3) is 15.5. The molecule has 1 unspecified atom stereocenters. The van der Waals surface area contributed by atoms with Gasteiger partial charge in [-0.2, -0.15) is 0 Å². The summed E-state index contributed by atoms with van der Waals surface area (Å²) in [7, 11) is 0. The molecule has 46 heavy (non-hydrogen) atoms. The lowest BCUT2D eigenvalue weighted by Crippen LogP contribution is -2.24. The van der Waals surface area contributed by atoms with Crippen molar-refractivity contribution < 1.29 is 38.4 Å². The monoisotopic (exact) mass is 652 g/mol. The lowest BCUT2D eigenvalue weighted by atomic mass is 9.99. The Labute approximate surface area is 277 Å². The Morgan fingerprint density at radius 2 is 1.33 bits per heavy atom. The fourth-order valence-electron chi connectivity index (χ4n) is 4.41. The van der Waals surface area contributed by atoms with E-state index in [-0.39, 0.29) is 18.2 Å². The second-order valence-electron chi connectivity index (χ2n) is 11.7. The van der Waals surface area contributed by atoms with E-state index in [0.717, 1.165) is 24.2 Å². The highest BCUT2D eigenvalue weighted by Crippen LogP contribution is 2.26. The molecule has 0 saturated carbocycles. The Morgan fingerprint density at radius 1 is 0.717 bits per heavy atom. The van der Waals surface area contributed by atoms with E-state index < -0.39 is 11.7 Å². The molecular weight excluding hydrogens is 604 g/mol. The lowest BCUT2D eigenvalue weighted by molar-refractivity contribution is -0.156. The van der Waals surface area contributed by atoms with E-state index in [9.17, 15) is 14.7 Å². The number of hydrogen-bond acceptors (Lipinski definition) is 9. The molecule has 1 N–H and O–H groups in total. The summed E-state index contributed by atoms with van der Waals surface area (Å²) in [5.74, 6) is 0.176. The number of rotatable bonds is 22. The van der Waals surface area contributed by atoms with Gasteiger partial charge >= 0.3 is 5.97 Å². The van der Waals surface area contributed by atoms with Gasteiger partial charge in [0.15, 0.2) is 5.78 Å². The number of aliphatic hydroxyl groups excluding tert-OH is 1. The number of ether oxygens (including phenoxy) is 5. The zero-order valence-electron chi connectivity index (χ0n) is 27.3. The van der Waals surface area contributed by atoms with Gasteiger partial charge in [-0.15, -0.1) is 11.8 Å². The van der Waals surface area contributed by atoms with Crippen LogP contribution in [0.25, 0.3) is 0 Å². The number of ketones is 1. The number of thioether (sulfide) groups is 1. The Hall–Kier alpha value is -3.05. The van der Waals surface area contributed by atoms with E-state index in [0.29, 0.717) is 64.0 Å². The number of carbonyl (C=O) groups excluding carboxylic acids is 2. The highest BCUT2D eigenvalue weighted by atomic mass is 32.2. The molecule has 0 fully saturated rings. The number of benzene rings is 3. The van der Waals surface area contributed by atoms with Crippen molar-refractivity contribution in [3.05, 3.63) is 101 Å². The number of aryl methyl sites for hydroxylation is 1. The molecule has 0 aromatic heterocycles. The van der Waals surface area contributed by atoms with Crippen LogP contribution in [-0.2, 0) is 40.7 Å². The molecule has 8 nitrogen and oxygen atoms in total. The first-order valence-electron chi connectivity index (χ1n) is 15.8. The summed E-state index contributed by atoms with van der Waals surface area (Å²) in [5, 5.41) is 10.7. The molecule has 250 valence electrons. The minimum Gasteiger partial charge on any atom is -0.460 e. The van der Waals surface area contributed by atoms with Gasteiger partial charge in [0.1, 0.15) is 11.7 Å². The van der Waals surface area contributed by atoms with Crippen LogP contribution in [0.4, 0.5) is 0 Å². The standard InChI is InChI=1S/C37H48O8S/c1-37(2,3)45-34(38)17-19-42-21-23-44-25-24-43-22-20-41-18-9-12-29-10-8-16-33(27-29)46-28-30-11-7-15-32(26-30)36(40)35(39)31-13-5-4-6-14-31/h4-8,10-11,13-16,26-27,36,40H,9,12,17-25,28H2,1-3H3. The second-order valence-corrected chi connectivity index (χ2v) is 12.8. The number of carbonyl (C=O) groups is 2. The normalized spacial score (nSPS) is 12.2. The van der Waals surface area contributed by atoms with Crippen molar-refractivity contribution >= 4 is 23.5 Å². The molecule has 3 aromatic rings. The van der Waals surface area contributed by atoms with Crippen molar-refractivity contribution in [2.75, 3.05) is 52.9 Å². The summed E-state index contributed by atoms with van der Waals surface area (Å²) < 4.78 is 27.4. The highest BCUT2D eigenvalue weighted by molar-refractivity contribution is 7.98. The molecule has 0 aliphatic carbocycles. The Balaban J connectivity index is 1.21. The first-order chi connectivity index (χ1) is 22.2. The number of aliphatic hydroxyl groups is 1. The topological polar surface area (TPSA) is 101 Å². The number of esters is 1. The first-order valence-corrected chi connectivity index (χ1v) is 16.8. The minimum absolute atomic E-state index is 0.232. The quantitative estimate of drug-likeness (QED) is 0.0555. The van der Waals surface area contributed by atoms with Crippen molar-refractivity contribution in [3.8, 4) is 0 Å². The van der Waals surface area contributed by atoms with Crippen molar-refractivity contribution in [1.82, 2.24) is 0 Å². The molecule has 0 amide bonds. The molecule has 0 radical (unpaired) electrons. The van der Waals surface area contributed by atoms with E-state index in [2.05, 4.69) is 24.3 Å². The van der Waals surface area contributed by atoms with Crippen LogP contribution in [-0.4, -0.2) is 75.3 Å². The highest BCUT2D eigenvalue weighted by Gasteiger charge is 2.19. The maximum absolute atomic E-state index is 12.7. The molecule has 0 aliphatic heterocycles. The Bertz CT molecular complexity index is 1310. The van der Waals surface area contributed by atoms with Crippen LogP contribution < -0.4 is 0 Å². The van der Waals surface area contributed by atoms with Gasteiger partial charge in [-0.1, -0.05) is 66.7 Å². The summed E-state index contributed by atoms with van der Waals surface area (Å²) >= 11 is 1.73. The van der Waals surface area contributed by atoms with Gasteiger partial charge in [0.25, 0.3) is 0 Å². The average Bonchev–Trinajstić information content (AvgIpc) is 3.05. The van der Waals surface area contributed by atoms with E-state index in [1.807, 2.05) is 45.0 Å². The summed E-state index contributed by atoms with van der Waals surface area (Å²) in [6.45, 7) is 9.39. The Morgan fingerprint density at radius 3 is 2.00 bits per heavy atom. The van der Waals surface area contributed by atoms with E-state index in [4.69, 9.17) is 23.7 Å². The predicted molar refractivity (Wildman–Crippen MR) is 180 cm³/mol. The number of hydrogen-bond donors (Lipinski definition) is 1. The van der Waals surface area contributed by atoms with Crippen molar-refractivity contribution in [2.45, 2.75) is 62.4 Å². The Kier molecular flexibility index (Phi) is 17.0. The number of Topliss-reactive ketones (excluding diaryl/α,β-unsaturated/α-hetero) is 1. The molecule has 1 atom stereocenters. The third-order valence-electron chi connectivity index (χ3n) is 6.62. The fourth-order valence-corrected chi connectivity index (χ4v) is 5.33. The van der Waals surface area contributed by atoms with Crippen molar-refractivity contribution in [3.63, 3.8) is 0 Å². The zero-order chi connectivity index (χ0) is 33.0. The van der Waals surface area contributed by atoms with Gasteiger partial charge in [-0.05, 0) is 62.4 Å². The van der Waals surface area contributed by atoms with Gasteiger partial charge in [0.05, 0.1) is 52.7 Å².